The summed E-state index contributed by atoms with van der Waals surface area (Å²) in [6.45, 7) is 11.0. The molecule has 1 aliphatic heterocycles. The Labute approximate surface area is 162 Å². The Balaban J connectivity index is 1.74. The second-order valence-corrected chi connectivity index (χ2v) is 7.57. The van der Waals surface area contributed by atoms with Crippen LogP contribution in [0.3, 0.4) is 0 Å². The first-order chi connectivity index (χ1) is 13.0. The highest BCUT2D eigenvalue weighted by Gasteiger charge is 2.18. The van der Waals surface area contributed by atoms with Gasteiger partial charge in [0.1, 0.15) is 17.7 Å². The Morgan fingerprint density at radius 1 is 1.07 bits per heavy atom. The van der Waals surface area contributed by atoms with Gasteiger partial charge >= 0.3 is 0 Å². The maximum atomic E-state index is 13.4. The molecule has 1 heterocycles. The van der Waals surface area contributed by atoms with Gasteiger partial charge in [-0.2, -0.15) is 0 Å². The molecule has 0 saturated carbocycles. The van der Waals surface area contributed by atoms with Crippen molar-refractivity contribution in [2.24, 2.45) is 0 Å². The number of rotatable bonds is 7. The van der Waals surface area contributed by atoms with Gasteiger partial charge in [-0.1, -0.05) is 32.0 Å². The molecule has 0 spiro atoms. The Morgan fingerprint density at radius 3 is 2.41 bits per heavy atom. The quantitative estimate of drug-likeness (QED) is 0.676. The zero-order valence-electron chi connectivity index (χ0n) is 16.6. The normalized spacial score (nSPS) is 16.5. The summed E-state index contributed by atoms with van der Waals surface area (Å²) in [6, 6.07) is 13.0. The van der Waals surface area contributed by atoms with E-state index in [-0.39, 0.29) is 11.9 Å². The van der Waals surface area contributed by atoms with Crippen LogP contribution >= 0.6 is 0 Å². The standard InChI is InChI=1S/C23H30FNO2/c1-17(2)22-9-8-21(16-18(22)3)27-23(19-4-6-20(24)7-5-19)10-11-25-12-14-26-15-13-25/h4-9,16-17,23H,10-15H2,1-3H3. The highest BCUT2D eigenvalue weighted by atomic mass is 19.1. The minimum atomic E-state index is -0.220. The third kappa shape index (κ3) is 5.53. The summed E-state index contributed by atoms with van der Waals surface area (Å²) >= 11 is 0. The third-order valence-electron chi connectivity index (χ3n) is 5.19. The number of morpholine rings is 1. The van der Waals surface area contributed by atoms with E-state index < -0.39 is 0 Å². The minimum Gasteiger partial charge on any atom is -0.486 e. The average Bonchev–Trinajstić information content (AvgIpc) is 2.66. The maximum absolute atomic E-state index is 13.4. The van der Waals surface area contributed by atoms with Gasteiger partial charge in [0.2, 0.25) is 0 Å². The van der Waals surface area contributed by atoms with Gasteiger partial charge in [-0.05, 0) is 53.8 Å². The molecule has 27 heavy (non-hydrogen) atoms. The first-order valence-corrected chi connectivity index (χ1v) is 9.85. The molecule has 0 amide bonds. The molecule has 1 aliphatic rings. The van der Waals surface area contributed by atoms with E-state index in [0.717, 1.165) is 50.6 Å². The van der Waals surface area contributed by atoms with Crippen molar-refractivity contribution in [1.29, 1.82) is 0 Å². The number of nitrogens with zero attached hydrogens (tertiary/aromatic N) is 1. The Kier molecular flexibility index (Phi) is 6.86. The second kappa shape index (κ2) is 9.34. The molecule has 1 saturated heterocycles. The van der Waals surface area contributed by atoms with Crippen LogP contribution in [0.2, 0.25) is 0 Å². The van der Waals surface area contributed by atoms with Crippen LogP contribution in [0.1, 0.15) is 49.0 Å². The average molecular weight is 371 g/mol. The lowest BCUT2D eigenvalue weighted by Gasteiger charge is -2.29. The Bertz CT molecular complexity index is 724. The number of aryl methyl sites for hydroxylation is 1. The largest absolute Gasteiger partial charge is 0.486 e. The van der Waals surface area contributed by atoms with Gasteiger partial charge in [0, 0.05) is 26.1 Å². The molecule has 0 radical (unpaired) electrons. The van der Waals surface area contributed by atoms with Crippen LogP contribution in [0.4, 0.5) is 4.39 Å². The SMILES string of the molecule is Cc1cc(OC(CCN2CCOCC2)c2ccc(F)cc2)ccc1C(C)C. The van der Waals surface area contributed by atoms with E-state index in [0.29, 0.717) is 5.92 Å². The number of halogens is 1. The minimum absolute atomic E-state index is 0.0993. The third-order valence-corrected chi connectivity index (χ3v) is 5.19. The predicted octanol–water partition coefficient (Wildman–Crippen LogP) is 5.10. The van der Waals surface area contributed by atoms with E-state index in [1.165, 1.54) is 23.3 Å². The molecule has 146 valence electrons. The molecule has 0 N–H and O–H groups in total. The summed E-state index contributed by atoms with van der Waals surface area (Å²) in [4.78, 5) is 2.40. The molecular formula is C23H30FNO2. The lowest BCUT2D eigenvalue weighted by molar-refractivity contribution is 0.0317. The number of benzene rings is 2. The molecule has 2 aromatic carbocycles. The molecule has 1 fully saturated rings. The molecule has 0 aliphatic carbocycles. The molecule has 0 aromatic heterocycles. The van der Waals surface area contributed by atoms with Gasteiger partial charge in [0.25, 0.3) is 0 Å². The smallest absolute Gasteiger partial charge is 0.125 e. The molecule has 1 atom stereocenters. The van der Waals surface area contributed by atoms with E-state index >= 15 is 0 Å². The van der Waals surface area contributed by atoms with Crippen molar-refractivity contribution in [3.05, 3.63) is 65.0 Å². The van der Waals surface area contributed by atoms with E-state index in [4.69, 9.17) is 9.47 Å². The molecule has 0 bridgehead atoms. The maximum Gasteiger partial charge on any atom is 0.125 e. The summed E-state index contributed by atoms with van der Waals surface area (Å²) in [6.07, 6.45) is 0.758. The van der Waals surface area contributed by atoms with Crippen LogP contribution in [0.5, 0.6) is 5.75 Å². The molecule has 4 heteroatoms. The second-order valence-electron chi connectivity index (χ2n) is 7.57. The number of hydrogen-bond donors (Lipinski definition) is 0. The van der Waals surface area contributed by atoms with Gasteiger partial charge in [-0.15, -0.1) is 0 Å². The molecule has 1 unspecified atom stereocenters. The highest BCUT2D eigenvalue weighted by molar-refractivity contribution is 5.37. The topological polar surface area (TPSA) is 21.7 Å². The van der Waals surface area contributed by atoms with Gasteiger partial charge in [0.05, 0.1) is 13.2 Å². The van der Waals surface area contributed by atoms with E-state index in [2.05, 4.69) is 37.8 Å². The van der Waals surface area contributed by atoms with Crippen LogP contribution in [0.15, 0.2) is 42.5 Å². The summed E-state index contributed by atoms with van der Waals surface area (Å²) in [5.74, 6) is 1.14. The van der Waals surface area contributed by atoms with Crippen LogP contribution in [-0.2, 0) is 4.74 Å². The lowest BCUT2D eigenvalue weighted by Crippen LogP contribution is -2.37. The highest BCUT2D eigenvalue weighted by Crippen LogP contribution is 2.29. The lowest BCUT2D eigenvalue weighted by atomic mass is 9.98. The summed E-state index contributed by atoms with van der Waals surface area (Å²) < 4.78 is 25.2. The molecule has 3 nitrogen and oxygen atoms in total. The first kappa shape index (κ1) is 19.8. The van der Waals surface area contributed by atoms with E-state index in [1.54, 1.807) is 0 Å². The Morgan fingerprint density at radius 2 is 1.78 bits per heavy atom. The van der Waals surface area contributed by atoms with Crippen molar-refractivity contribution < 1.29 is 13.9 Å². The number of ether oxygens (including phenoxy) is 2. The summed E-state index contributed by atoms with van der Waals surface area (Å²) in [5.41, 5.74) is 3.60. The first-order valence-electron chi connectivity index (χ1n) is 9.85. The van der Waals surface area contributed by atoms with Crippen molar-refractivity contribution in [2.45, 2.75) is 39.2 Å². The molecule has 2 aromatic rings. The number of hydrogen-bond acceptors (Lipinski definition) is 3. The van der Waals surface area contributed by atoms with Crippen LogP contribution in [-0.4, -0.2) is 37.7 Å². The van der Waals surface area contributed by atoms with Gasteiger partial charge < -0.3 is 9.47 Å². The molecular weight excluding hydrogens is 341 g/mol. The van der Waals surface area contributed by atoms with Gasteiger partial charge in [-0.25, -0.2) is 4.39 Å². The van der Waals surface area contributed by atoms with Gasteiger partial charge in [0.15, 0.2) is 0 Å². The monoisotopic (exact) mass is 371 g/mol. The van der Waals surface area contributed by atoms with Crippen LogP contribution in [0.25, 0.3) is 0 Å². The fraction of sp³-hybridized carbons (Fsp3) is 0.478. The van der Waals surface area contributed by atoms with Crippen molar-refractivity contribution in [3.63, 3.8) is 0 Å². The van der Waals surface area contributed by atoms with Crippen molar-refractivity contribution in [3.8, 4) is 5.75 Å². The van der Waals surface area contributed by atoms with Crippen LogP contribution < -0.4 is 4.74 Å². The Hall–Kier alpha value is -1.91. The predicted molar refractivity (Wildman–Crippen MR) is 107 cm³/mol. The van der Waals surface area contributed by atoms with Gasteiger partial charge in [-0.3, -0.25) is 4.90 Å². The van der Waals surface area contributed by atoms with Crippen molar-refractivity contribution >= 4 is 0 Å². The zero-order chi connectivity index (χ0) is 19.2. The van der Waals surface area contributed by atoms with E-state index in [9.17, 15) is 4.39 Å². The summed E-state index contributed by atoms with van der Waals surface area (Å²) in [7, 11) is 0. The van der Waals surface area contributed by atoms with Crippen molar-refractivity contribution in [2.75, 3.05) is 32.8 Å². The zero-order valence-corrected chi connectivity index (χ0v) is 16.6. The fourth-order valence-corrected chi connectivity index (χ4v) is 3.63. The van der Waals surface area contributed by atoms with E-state index in [1.807, 2.05) is 18.2 Å². The van der Waals surface area contributed by atoms with Crippen LogP contribution in [0, 0.1) is 12.7 Å². The molecule has 3 rings (SSSR count). The summed E-state index contributed by atoms with van der Waals surface area (Å²) in [5, 5.41) is 0. The van der Waals surface area contributed by atoms with Crippen molar-refractivity contribution in [1.82, 2.24) is 4.90 Å². The fourth-order valence-electron chi connectivity index (χ4n) is 3.63.